The minimum atomic E-state index is -0.815. The van der Waals surface area contributed by atoms with E-state index >= 15 is 0 Å². The minimum absolute atomic E-state index is 0.00796. The Morgan fingerprint density at radius 3 is 2.82 bits per heavy atom. The summed E-state index contributed by atoms with van der Waals surface area (Å²) in [6, 6.07) is 4.13. The van der Waals surface area contributed by atoms with Crippen molar-refractivity contribution in [1.82, 2.24) is 14.8 Å². The van der Waals surface area contributed by atoms with Crippen LogP contribution in [0.15, 0.2) is 23.0 Å². The summed E-state index contributed by atoms with van der Waals surface area (Å²) in [4.78, 5) is 24.4. The van der Waals surface area contributed by atoms with E-state index in [1.54, 1.807) is 6.92 Å². The van der Waals surface area contributed by atoms with Crippen molar-refractivity contribution in [2.45, 2.75) is 13.5 Å². The van der Waals surface area contributed by atoms with Crippen molar-refractivity contribution in [2.75, 3.05) is 5.32 Å². The molecule has 0 saturated heterocycles. The summed E-state index contributed by atoms with van der Waals surface area (Å²) in [6.45, 7) is 1.59. The smallest absolute Gasteiger partial charge is 0.268 e. The molecule has 0 fully saturated rings. The van der Waals surface area contributed by atoms with Gasteiger partial charge < -0.3 is 15.0 Å². The number of amides is 1. The molecule has 2 heterocycles. The van der Waals surface area contributed by atoms with E-state index in [1.165, 1.54) is 22.8 Å². The van der Waals surface area contributed by atoms with Crippen LogP contribution in [0.25, 0.3) is 0 Å². The normalized spacial score (nSPS) is 10.0. The molecule has 0 spiro atoms. The summed E-state index contributed by atoms with van der Waals surface area (Å²) in [5.74, 6) is 1.16. The second-order valence-corrected chi connectivity index (χ2v) is 4.72. The summed E-state index contributed by atoms with van der Waals surface area (Å²) in [5, 5.41) is 19.6. The van der Waals surface area contributed by atoms with Gasteiger partial charge in [-0.2, -0.15) is 0 Å². The van der Waals surface area contributed by atoms with Gasteiger partial charge in [-0.25, -0.2) is 0 Å². The van der Waals surface area contributed by atoms with E-state index in [9.17, 15) is 14.7 Å². The average molecular weight is 319 g/mol. The van der Waals surface area contributed by atoms with Gasteiger partial charge in [0.25, 0.3) is 11.5 Å². The van der Waals surface area contributed by atoms with Crippen molar-refractivity contribution in [2.24, 2.45) is 0 Å². The van der Waals surface area contributed by atoms with Crippen molar-refractivity contribution >= 4 is 23.3 Å². The molecule has 0 radical (unpaired) electrons. The third-order valence-corrected chi connectivity index (χ3v) is 3.04. The largest absolute Gasteiger partial charge is 0.507 e. The molecule has 0 aliphatic carbocycles. The molecule has 0 unspecified atom stereocenters. The molecule has 22 heavy (non-hydrogen) atoms. The van der Waals surface area contributed by atoms with E-state index in [-0.39, 0.29) is 17.5 Å². The van der Waals surface area contributed by atoms with E-state index < -0.39 is 22.8 Å². The number of pyridine rings is 1. The standard InChI is InChI=1S/C14H11ClN4O3/c1-3-6-19-8(2)7-9(20)12(14(19)22)13(21)16-11-5-4-10(15)17-18-11/h1,4-5,7,20H,6H2,2H3,(H,16,18,21). The number of aromatic hydroxyl groups is 1. The number of rotatable bonds is 3. The van der Waals surface area contributed by atoms with E-state index in [0.717, 1.165) is 0 Å². The van der Waals surface area contributed by atoms with Crippen molar-refractivity contribution in [1.29, 1.82) is 0 Å². The fourth-order valence-electron chi connectivity index (χ4n) is 1.82. The first kappa shape index (κ1) is 15.5. The van der Waals surface area contributed by atoms with Gasteiger partial charge in [0.15, 0.2) is 11.0 Å². The predicted molar refractivity (Wildman–Crippen MR) is 80.9 cm³/mol. The fraction of sp³-hybridized carbons (Fsp3) is 0.143. The number of carbonyl (C=O) groups excluding carboxylic acids is 1. The van der Waals surface area contributed by atoms with Crippen LogP contribution in [0, 0.1) is 19.3 Å². The van der Waals surface area contributed by atoms with E-state index in [2.05, 4.69) is 21.4 Å². The molecule has 7 nitrogen and oxygen atoms in total. The Morgan fingerprint density at radius 1 is 1.50 bits per heavy atom. The molecule has 2 aromatic heterocycles. The maximum Gasteiger partial charge on any atom is 0.268 e. The Morgan fingerprint density at radius 2 is 2.23 bits per heavy atom. The number of hydrogen-bond donors (Lipinski definition) is 2. The first-order valence-electron chi connectivity index (χ1n) is 6.11. The third kappa shape index (κ3) is 3.07. The third-order valence-electron chi connectivity index (χ3n) is 2.84. The van der Waals surface area contributed by atoms with Crippen molar-refractivity contribution in [3.8, 4) is 18.1 Å². The Kier molecular flexibility index (Phi) is 4.44. The maximum absolute atomic E-state index is 12.3. The number of hydrogen-bond acceptors (Lipinski definition) is 5. The predicted octanol–water partition coefficient (Wildman–Crippen LogP) is 1.19. The lowest BCUT2D eigenvalue weighted by molar-refractivity contribution is 0.102. The number of aryl methyl sites for hydroxylation is 1. The topological polar surface area (TPSA) is 97.1 Å². The Labute approximate surface area is 130 Å². The SMILES string of the molecule is C#CCn1c(C)cc(O)c(C(=O)Nc2ccc(Cl)nn2)c1=O. The molecule has 0 aliphatic rings. The summed E-state index contributed by atoms with van der Waals surface area (Å²) >= 11 is 5.59. The molecular weight excluding hydrogens is 308 g/mol. The lowest BCUT2D eigenvalue weighted by Crippen LogP contribution is -2.30. The number of halogens is 1. The first-order chi connectivity index (χ1) is 10.4. The highest BCUT2D eigenvalue weighted by atomic mass is 35.5. The monoisotopic (exact) mass is 318 g/mol. The van der Waals surface area contributed by atoms with Gasteiger partial charge in [0.2, 0.25) is 0 Å². The van der Waals surface area contributed by atoms with Crippen LogP contribution in [-0.2, 0) is 6.54 Å². The van der Waals surface area contributed by atoms with Crippen molar-refractivity contribution < 1.29 is 9.90 Å². The summed E-state index contributed by atoms with van der Waals surface area (Å²) < 4.78 is 1.21. The lowest BCUT2D eigenvalue weighted by Gasteiger charge is -2.11. The summed E-state index contributed by atoms with van der Waals surface area (Å²) in [6.07, 6.45) is 5.20. The van der Waals surface area contributed by atoms with E-state index in [4.69, 9.17) is 18.0 Å². The van der Waals surface area contributed by atoms with Crippen LogP contribution >= 0.6 is 11.6 Å². The maximum atomic E-state index is 12.3. The van der Waals surface area contributed by atoms with Crippen LogP contribution in [0.1, 0.15) is 16.1 Å². The van der Waals surface area contributed by atoms with Crippen LogP contribution < -0.4 is 10.9 Å². The average Bonchev–Trinajstić information content (AvgIpc) is 2.45. The van der Waals surface area contributed by atoms with Gasteiger partial charge >= 0.3 is 0 Å². The molecular formula is C14H11ClN4O3. The van der Waals surface area contributed by atoms with Gasteiger partial charge in [0.05, 0.1) is 6.54 Å². The first-order valence-corrected chi connectivity index (χ1v) is 6.49. The second-order valence-electron chi connectivity index (χ2n) is 4.34. The Bertz CT molecular complexity index is 822. The van der Waals surface area contributed by atoms with Gasteiger partial charge in [-0.05, 0) is 19.1 Å². The van der Waals surface area contributed by atoms with Gasteiger partial charge in [-0.15, -0.1) is 16.6 Å². The van der Waals surface area contributed by atoms with Crippen LogP contribution in [-0.4, -0.2) is 25.8 Å². The number of nitrogens with one attached hydrogen (secondary N) is 1. The number of anilines is 1. The molecule has 8 heteroatoms. The van der Waals surface area contributed by atoms with Gasteiger partial charge in [-0.1, -0.05) is 17.5 Å². The zero-order valence-corrected chi connectivity index (χ0v) is 12.3. The minimum Gasteiger partial charge on any atom is -0.507 e. The molecule has 1 amide bonds. The second kappa shape index (κ2) is 6.28. The summed E-state index contributed by atoms with van der Waals surface area (Å²) in [7, 11) is 0. The van der Waals surface area contributed by atoms with Gasteiger partial charge in [0, 0.05) is 11.8 Å². The number of aromatic nitrogens is 3. The zero-order valence-electron chi connectivity index (χ0n) is 11.5. The van der Waals surface area contributed by atoms with Gasteiger partial charge in [-0.3, -0.25) is 9.59 Å². The molecule has 2 aromatic rings. The van der Waals surface area contributed by atoms with Crippen LogP contribution in [0.2, 0.25) is 5.15 Å². The molecule has 0 bridgehead atoms. The van der Waals surface area contributed by atoms with Crippen molar-refractivity contribution in [3.05, 3.63) is 45.0 Å². The summed E-state index contributed by atoms with van der Waals surface area (Å²) in [5.41, 5.74) is -0.657. The highest BCUT2D eigenvalue weighted by Gasteiger charge is 2.20. The number of carbonyl (C=O) groups is 1. The molecule has 112 valence electrons. The molecule has 2 N–H and O–H groups in total. The van der Waals surface area contributed by atoms with Crippen LogP contribution in [0.4, 0.5) is 5.82 Å². The zero-order chi connectivity index (χ0) is 16.3. The van der Waals surface area contributed by atoms with Crippen LogP contribution in [0.5, 0.6) is 5.75 Å². The molecule has 0 aliphatic heterocycles. The fourth-order valence-corrected chi connectivity index (χ4v) is 1.92. The Balaban J connectivity index is 2.41. The van der Waals surface area contributed by atoms with E-state index in [0.29, 0.717) is 5.69 Å². The molecule has 0 saturated carbocycles. The van der Waals surface area contributed by atoms with Crippen molar-refractivity contribution in [3.63, 3.8) is 0 Å². The van der Waals surface area contributed by atoms with Gasteiger partial charge in [0.1, 0.15) is 11.3 Å². The highest BCUT2D eigenvalue weighted by molar-refractivity contribution is 6.29. The van der Waals surface area contributed by atoms with E-state index in [1.807, 2.05) is 0 Å². The molecule has 0 aromatic carbocycles. The molecule has 2 rings (SSSR count). The number of nitrogens with zero attached hydrogens (tertiary/aromatic N) is 3. The van der Waals surface area contributed by atoms with Crippen LogP contribution in [0.3, 0.4) is 0 Å². The Hall–Kier alpha value is -2.85. The molecule has 0 atom stereocenters. The number of terminal acetylenes is 1. The lowest BCUT2D eigenvalue weighted by atomic mass is 10.2. The quantitative estimate of drug-likeness (QED) is 0.829. The highest BCUT2D eigenvalue weighted by Crippen LogP contribution is 2.16.